The Kier molecular flexibility index (Phi) is 6.20. The summed E-state index contributed by atoms with van der Waals surface area (Å²) in [7, 11) is -5.70. The first-order valence-corrected chi connectivity index (χ1v) is 15.8. The average molecular weight is 558 g/mol. The van der Waals surface area contributed by atoms with Crippen LogP contribution in [0.25, 0.3) is 0 Å². The van der Waals surface area contributed by atoms with Crippen LogP contribution in [0, 0.1) is 51.2 Å². The molecule has 216 valence electrons. The van der Waals surface area contributed by atoms with Gasteiger partial charge in [0.25, 0.3) is 0 Å². The number of allylic oxidation sites excluding steroid dienone is 3. The van der Waals surface area contributed by atoms with Gasteiger partial charge in [-0.15, -0.1) is 0 Å². The third-order valence-corrected chi connectivity index (χ3v) is 14.1. The van der Waals surface area contributed by atoms with Crippen molar-refractivity contribution < 1.29 is 25.8 Å². The number of rotatable bonds is 3. The van der Waals surface area contributed by atoms with E-state index in [0.29, 0.717) is 30.1 Å². The van der Waals surface area contributed by atoms with E-state index < -0.39 is 21.0 Å². The number of hydrogen-bond acceptors (Lipinski definition) is 4. The van der Waals surface area contributed by atoms with Crippen LogP contribution < -0.4 is 5.73 Å². The fourth-order valence-corrected chi connectivity index (χ4v) is 11.7. The van der Waals surface area contributed by atoms with E-state index in [1.807, 2.05) is 13.8 Å². The van der Waals surface area contributed by atoms with Gasteiger partial charge in [-0.05, 0) is 117 Å². The number of halogens is 3. The molecule has 4 saturated carbocycles. The fraction of sp³-hybridized carbons (Fsp3) is 0.867. The molecular formula is C30H46F3NO3S. The van der Waals surface area contributed by atoms with Gasteiger partial charge in [0.05, 0.1) is 0 Å². The van der Waals surface area contributed by atoms with Gasteiger partial charge in [-0.2, -0.15) is 21.6 Å². The van der Waals surface area contributed by atoms with Crippen molar-refractivity contribution in [2.45, 2.75) is 110 Å². The van der Waals surface area contributed by atoms with Gasteiger partial charge >= 0.3 is 15.6 Å². The van der Waals surface area contributed by atoms with Gasteiger partial charge in [0.1, 0.15) is 5.76 Å². The summed E-state index contributed by atoms with van der Waals surface area (Å²) in [5.41, 5.74) is 2.08. The molecule has 0 amide bonds. The lowest BCUT2D eigenvalue weighted by molar-refractivity contribution is -0.221. The molecule has 2 N–H and O–H groups in total. The Labute approximate surface area is 227 Å². The SMILES string of the molecule is C=C(C)[C@@H]1CCC2(N)CC[C@]3(C)[C@H](CC[C@@H]4[C@@]5(C)CC=C(OS(=O)(=O)C(F)(F)F)C(C)(C)[C@@H]5CC[C@]43C)[C@@H]12. The summed E-state index contributed by atoms with van der Waals surface area (Å²) in [6.45, 7) is 17.5. The lowest BCUT2D eigenvalue weighted by atomic mass is 9.33. The molecule has 0 aromatic carbocycles. The largest absolute Gasteiger partial charge is 0.534 e. The van der Waals surface area contributed by atoms with E-state index in [4.69, 9.17) is 9.92 Å². The monoisotopic (exact) mass is 557 g/mol. The minimum Gasteiger partial charge on any atom is -0.380 e. The van der Waals surface area contributed by atoms with Crippen molar-refractivity contribution in [1.29, 1.82) is 0 Å². The maximum Gasteiger partial charge on any atom is 0.534 e. The molecule has 0 heterocycles. The summed E-state index contributed by atoms with van der Waals surface area (Å²) in [5.74, 6) is 1.84. The minimum absolute atomic E-state index is 0.0310. The lowest BCUT2D eigenvalue weighted by Gasteiger charge is -2.72. The fourth-order valence-electron chi connectivity index (χ4n) is 11.1. The Balaban J connectivity index is 1.51. The normalized spacial score (nSPS) is 48.2. The Morgan fingerprint density at radius 1 is 0.974 bits per heavy atom. The van der Waals surface area contributed by atoms with E-state index in [0.717, 1.165) is 51.4 Å². The van der Waals surface area contributed by atoms with Gasteiger partial charge in [-0.1, -0.05) is 46.8 Å². The molecule has 5 aliphatic carbocycles. The van der Waals surface area contributed by atoms with Crippen LogP contribution in [0.15, 0.2) is 24.0 Å². The van der Waals surface area contributed by atoms with Crippen molar-refractivity contribution in [1.82, 2.24) is 0 Å². The topological polar surface area (TPSA) is 69.4 Å². The first-order valence-electron chi connectivity index (χ1n) is 14.4. The first kappa shape index (κ1) is 28.5. The molecule has 4 fully saturated rings. The molecule has 0 radical (unpaired) electrons. The minimum atomic E-state index is -5.70. The second-order valence-electron chi connectivity index (χ2n) is 14.9. The van der Waals surface area contributed by atoms with Gasteiger partial charge in [-0.3, -0.25) is 0 Å². The van der Waals surface area contributed by atoms with Gasteiger partial charge < -0.3 is 9.92 Å². The van der Waals surface area contributed by atoms with Crippen LogP contribution in [-0.2, 0) is 14.3 Å². The summed E-state index contributed by atoms with van der Waals surface area (Å²) in [6, 6.07) is 0. The van der Waals surface area contributed by atoms with Crippen molar-refractivity contribution in [3.63, 3.8) is 0 Å². The Hall–Kier alpha value is -1.02. The highest BCUT2D eigenvalue weighted by Crippen LogP contribution is 2.76. The van der Waals surface area contributed by atoms with Gasteiger partial charge in [0.2, 0.25) is 0 Å². The molecule has 8 heteroatoms. The molecule has 0 aliphatic heterocycles. The quantitative estimate of drug-likeness (QED) is 0.219. The average Bonchev–Trinajstić information content (AvgIpc) is 3.13. The molecule has 9 atom stereocenters. The third-order valence-electron chi connectivity index (χ3n) is 13.1. The number of hydrogen-bond donors (Lipinski definition) is 1. The molecule has 5 aliphatic rings. The first-order chi connectivity index (χ1) is 17.2. The molecule has 4 nitrogen and oxygen atoms in total. The highest BCUT2D eigenvalue weighted by atomic mass is 32.2. The molecule has 0 aromatic heterocycles. The highest BCUT2D eigenvalue weighted by molar-refractivity contribution is 7.87. The maximum absolute atomic E-state index is 13.2. The number of fused-ring (bicyclic) bond motifs is 7. The molecule has 0 aromatic rings. The van der Waals surface area contributed by atoms with E-state index in [2.05, 4.69) is 34.3 Å². The van der Waals surface area contributed by atoms with Crippen molar-refractivity contribution >= 4 is 10.1 Å². The van der Waals surface area contributed by atoms with Crippen LogP contribution >= 0.6 is 0 Å². The van der Waals surface area contributed by atoms with Crippen LogP contribution in [0.5, 0.6) is 0 Å². The summed E-state index contributed by atoms with van der Waals surface area (Å²) in [5, 5.41) is 0. The number of nitrogens with two attached hydrogens (primary N) is 1. The van der Waals surface area contributed by atoms with E-state index in [1.54, 1.807) is 6.08 Å². The van der Waals surface area contributed by atoms with Crippen LogP contribution in [0.3, 0.4) is 0 Å². The molecular weight excluding hydrogens is 511 g/mol. The van der Waals surface area contributed by atoms with Crippen LogP contribution in [0.4, 0.5) is 13.2 Å². The highest BCUT2D eigenvalue weighted by Gasteiger charge is 2.70. The second-order valence-corrected chi connectivity index (χ2v) is 16.4. The van der Waals surface area contributed by atoms with Gasteiger partial charge in [0, 0.05) is 11.0 Å². The van der Waals surface area contributed by atoms with E-state index in [1.165, 1.54) is 5.57 Å². The molecule has 0 bridgehead atoms. The van der Waals surface area contributed by atoms with Crippen LogP contribution in [-0.4, -0.2) is 19.5 Å². The zero-order chi connectivity index (χ0) is 28.3. The summed E-state index contributed by atoms with van der Waals surface area (Å²) < 4.78 is 68.1. The van der Waals surface area contributed by atoms with Crippen molar-refractivity contribution in [3.8, 4) is 0 Å². The predicted molar refractivity (Wildman–Crippen MR) is 143 cm³/mol. The van der Waals surface area contributed by atoms with Crippen molar-refractivity contribution in [2.24, 2.45) is 57.0 Å². The Morgan fingerprint density at radius 2 is 1.63 bits per heavy atom. The molecule has 38 heavy (non-hydrogen) atoms. The molecule has 1 unspecified atom stereocenters. The summed E-state index contributed by atoms with van der Waals surface area (Å²) >= 11 is 0. The smallest absolute Gasteiger partial charge is 0.380 e. The lowest BCUT2D eigenvalue weighted by Crippen LogP contribution is -2.67. The Bertz CT molecular complexity index is 1160. The Morgan fingerprint density at radius 3 is 2.24 bits per heavy atom. The zero-order valence-electron chi connectivity index (χ0n) is 23.9. The third kappa shape index (κ3) is 3.60. The van der Waals surface area contributed by atoms with E-state index in [-0.39, 0.29) is 33.5 Å². The second kappa shape index (κ2) is 8.27. The van der Waals surface area contributed by atoms with Gasteiger partial charge in [-0.25, -0.2) is 0 Å². The van der Waals surface area contributed by atoms with Crippen LogP contribution in [0.2, 0.25) is 0 Å². The zero-order valence-corrected chi connectivity index (χ0v) is 24.7. The van der Waals surface area contributed by atoms with Gasteiger partial charge in [0.15, 0.2) is 0 Å². The van der Waals surface area contributed by atoms with Crippen LogP contribution in [0.1, 0.15) is 99.3 Å². The maximum atomic E-state index is 13.2. The van der Waals surface area contributed by atoms with Crippen molar-refractivity contribution in [3.05, 3.63) is 24.0 Å². The standard InChI is InChI=1S/C30H46F3NO3S/c1-18(2)19-10-15-29(34)17-16-27(6)20(24(19)29)8-9-22-26(5)13-12-23(37-38(35,36)30(31,32)33)25(3,4)21(26)11-14-28(22,27)7/h12,19-22,24H,1,8-11,13-17,34H2,2-7H3/t19-,20+,21-,22+,24+,26-,27+,28+,29?/m0/s1. The summed E-state index contributed by atoms with van der Waals surface area (Å²) in [4.78, 5) is 0. The van der Waals surface area contributed by atoms with E-state index >= 15 is 0 Å². The van der Waals surface area contributed by atoms with Crippen molar-refractivity contribution in [2.75, 3.05) is 0 Å². The summed E-state index contributed by atoms with van der Waals surface area (Å²) in [6.07, 6.45) is 10.5. The van der Waals surface area contributed by atoms with E-state index in [9.17, 15) is 21.6 Å². The predicted octanol–water partition coefficient (Wildman–Crippen LogP) is 7.72. The molecule has 5 rings (SSSR count). The molecule has 0 spiro atoms. The molecule has 0 saturated heterocycles. The number of alkyl halides is 3.